The smallest absolute Gasteiger partial charge is 0.156 e. The molecule has 0 radical (unpaired) electrons. The fourth-order valence-corrected chi connectivity index (χ4v) is 1.94. The molecule has 16 heavy (non-hydrogen) atoms. The zero-order chi connectivity index (χ0) is 11.4. The topological polar surface area (TPSA) is 61.0 Å². The van der Waals surface area contributed by atoms with Gasteiger partial charge in [0.15, 0.2) is 5.82 Å². The fourth-order valence-electron chi connectivity index (χ4n) is 1.17. The number of nitrogens with two attached hydrogens (primary N) is 1. The number of anilines is 1. The van der Waals surface area contributed by atoms with Gasteiger partial charge < -0.3 is 10.5 Å². The molecule has 0 bridgehead atoms. The van der Waals surface area contributed by atoms with Crippen LogP contribution >= 0.6 is 11.8 Å². The molecule has 2 aromatic rings. The van der Waals surface area contributed by atoms with Crippen molar-refractivity contribution in [2.24, 2.45) is 0 Å². The predicted octanol–water partition coefficient (Wildman–Crippen LogP) is 2.22. The van der Waals surface area contributed by atoms with Gasteiger partial charge >= 0.3 is 0 Å². The monoisotopic (exact) mass is 233 g/mol. The molecule has 0 unspecified atom stereocenters. The van der Waals surface area contributed by atoms with Crippen LogP contribution in [0.1, 0.15) is 0 Å². The number of benzene rings is 1. The summed E-state index contributed by atoms with van der Waals surface area (Å²) in [5.74, 6) is 1.28. The molecule has 0 aliphatic heterocycles. The number of nitrogens with zero attached hydrogens (tertiary/aromatic N) is 2. The molecule has 0 saturated heterocycles. The molecule has 0 saturated carbocycles. The summed E-state index contributed by atoms with van der Waals surface area (Å²) in [5, 5.41) is 0.715. The number of rotatable bonds is 3. The first-order valence-corrected chi connectivity index (χ1v) is 5.49. The Balaban J connectivity index is 2.18. The molecular weight excluding hydrogens is 222 g/mol. The summed E-state index contributed by atoms with van der Waals surface area (Å²) in [5.41, 5.74) is 5.71. The van der Waals surface area contributed by atoms with Gasteiger partial charge in [0.05, 0.1) is 7.11 Å². The highest BCUT2D eigenvalue weighted by Crippen LogP contribution is 2.29. The van der Waals surface area contributed by atoms with Gasteiger partial charge in [0.1, 0.15) is 10.8 Å². The predicted molar refractivity (Wildman–Crippen MR) is 63.6 cm³/mol. The second-order valence-electron chi connectivity index (χ2n) is 3.02. The molecule has 0 atom stereocenters. The van der Waals surface area contributed by atoms with E-state index in [1.807, 2.05) is 24.3 Å². The number of ether oxygens (including phenoxy) is 1. The van der Waals surface area contributed by atoms with E-state index in [4.69, 9.17) is 10.5 Å². The van der Waals surface area contributed by atoms with Crippen LogP contribution in [0, 0.1) is 0 Å². The first-order chi connectivity index (χ1) is 7.79. The van der Waals surface area contributed by atoms with Crippen LogP contribution in [-0.2, 0) is 0 Å². The molecule has 0 amide bonds. The van der Waals surface area contributed by atoms with E-state index in [1.165, 1.54) is 11.8 Å². The highest BCUT2D eigenvalue weighted by molar-refractivity contribution is 7.99. The van der Waals surface area contributed by atoms with Gasteiger partial charge in [-0.2, -0.15) is 0 Å². The number of nitrogen functional groups attached to an aromatic ring is 1. The van der Waals surface area contributed by atoms with E-state index >= 15 is 0 Å². The Morgan fingerprint density at radius 1 is 1.12 bits per heavy atom. The molecule has 5 heteroatoms. The van der Waals surface area contributed by atoms with E-state index in [0.717, 1.165) is 10.6 Å². The molecule has 1 heterocycles. The molecule has 0 aliphatic carbocycles. The maximum absolute atomic E-state index is 5.71. The third kappa shape index (κ3) is 2.43. The second kappa shape index (κ2) is 4.85. The Morgan fingerprint density at radius 2 is 1.81 bits per heavy atom. The SMILES string of the molecule is COc1ccc(Sc2nccnc2N)cc1. The lowest BCUT2D eigenvalue weighted by Crippen LogP contribution is -1.94. The van der Waals surface area contributed by atoms with Crippen molar-refractivity contribution < 1.29 is 4.74 Å². The summed E-state index contributed by atoms with van der Waals surface area (Å²) in [4.78, 5) is 9.19. The van der Waals surface area contributed by atoms with E-state index in [1.54, 1.807) is 19.5 Å². The molecule has 2 rings (SSSR count). The van der Waals surface area contributed by atoms with E-state index in [2.05, 4.69) is 9.97 Å². The number of hydrogen-bond donors (Lipinski definition) is 1. The lowest BCUT2D eigenvalue weighted by Gasteiger charge is -2.04. The Hall–Kier alpha value is -1.75. The van der Waals surface area contributed by atoms with Crippen molar-refractivity contribution in [2.75, 3.05) is 12.8 Å². The van der Waals surface area contributed by atoms with Crippen LogP contribution in [0.4, 0.5) is 5.82 Å². The molecule has 1 aromatic carbocycles. The maximum Gasteiger partial charge on any atom is 0.156 e. The lowest BCUT2D eigenvalue weighted by atomic mass is 10.3. The zero-order valence-corrected chi connectivity index (χ0v) is 9.57. The van der Waals surface area contributed by atoms with Gasteiger partial charge in [-0.3, -0.25) is 0 Å². The molecule has 0 aliphatic rings. The zero-order valence-electron chi connectivity index (χ0n) is 8.75. The largest absolute Gasteiger partial charge is 0.497 e. The fraction of sp³-hybridized carbons (Fsp3) is 0.0909. The summed E-state index contributed by atoms with van der Waals surface area (Å²) < 4.78 is 5.08. The van der Waals surface area contributed by atoms with E-state index in [0.29, 0.717) is 10.8 Å². The van der Waals surface area contributed by atoms with E-state index in [9.17, 15) is 0 Å². The Bertz CT molecular complexity index is 473. The Labute approximate surface area is 97.9 Å². The van der Waals surface area contributed by atoms with Crippen molar-refractivity contribution in [3.8, 4) is 5.75 Å². The van der Waals surface area contributed by atoms with Gasteiger partial charge in [-0.1, -0.05) is 11.8 Å². The summed E-state index contributed by atoms with van der Waals surface area (Å²) in [6, 6.07) is 7.71. The number of methoxy groups -OCH3 is 1. The van der Waals surface area contributed by atoms with Crippen LogP contribution in [0.25, 0.3) is 0 Å². The van der Waals surface area contributed by atoms with Crippen molar-refractivity contribution in [2.45, 2.75) is 9.92 Å². The van der Waals surface area contributed by atoms with Gasteiger partial charge in [0.2, 0.25) is 0 Å². The van der Waals surface area contributed by atoms with Crippen molar-refractivity contribution in [1.82, 2.24) is 9.97 Å². The number of aromatic nitrogens is 2. The average molecular weight is 233 g/mol. The standard InChI is InChI=1S/C11H11N3OS/c1-15-8-2-4-9(5-3-8)16-11-10(12)13-6-7-14-11/h2-7H,1H3,(H2,12,13). The van der Waals surface area contributed by atoms with Gasteiger partial charge in [-0.05, 0) is 24.3 Å². The molecule has 2 N–H and O–H groups in total. The van der Waals surface area contributed by atoms with Crippen LogP contribution in [-0.4, -0.2) is 17.1 Å². The third-order valence-corrected chi connectivity index (χ3v) is 2.98. The van der Waals surface area contributed by atoms with Gasteiger partial charge in [0, 0.05) is 17.3 Å². The third-order valence-electron chi connectivity index (χ3n) is 1.97. The van der Waals surface area contributed by atoms with Crippen LogP contribution < -0.4 is 10.5 Å². The summed E-state index contributed by atoms with van der Waals surface area (Å²) in [6.07, 6.45) is 3.20. The Morgan fingerprint density at radius 3 is 2.44 bits per heavy atom. The minimum Gasteiger partial charge on any atom is -0.497 e. The maximum atomic E-state index is 5.71. The van der Waals surface area contributed by atoms with E-state index < -0.39 is 0 Å². The molecule has 4 nitrogen and oxygen atoms in total. The number of hydrogen-bond acceptors (Lipinski definition) is 5. The van der Waals surface area contributed by atoms with Crippen LogP contribution in [0.2, 0.25) is 0 Å². The van der Waals surface area contributed by atoms with Crippen molar-refractivity contribution in [1.29, 1.82) is 0 Å². The molecule has 1 aromatic heterocycles. The minimum absolute atomic E-state index is 0.448. The molecule has 0 spiro atoms. The normalized spacial score (nSPS) is 10.1. The summed E-state index contributed by atoms with van der Waals surface area (Å²) >= 11 is 1.48. The van der Waals surface area contributed by atoms with E-state index in [-0.39, 0.29) is 0 Å². The average Bonchev–Trinajstić information content (AvgIpc) is 2.33. The molecule has 82 valence electrons. The van der Waals surface area contributed by atoms with Crippen LogP contribution in [0.5, 0.6) is 5.75 Å². The highest BCUT2D eigenvalue weighted by atomic mass is 32.2. The van der Waals surface area contributed by atoms with Crippen LogP contribution in [0.3, 0.4) is 0 Å². The summed E-state index contributed by atoms with van der Waals surface area (Å²) in [6.45, 7) is 0. The van der Waals surface area contributed by atoms with Crippen LogP contribution in [0.15, 0.2) is 46.6 Å². The van der Waals surface area contributed by atoms with Crippen molar-refractivity contribution in [3.05, 3.63) is 36.7 Å². The van der Waals surface area contributed by atoms with Gasteiger partial charge in [0.25, 0.3) is 0 Å². The quantitative estimate of drug-likeness (QED) is 0.880. The van der Waals surface area contributed by atoms with Gasteiger partial charge in [-0.15, -0.1) is 0 Å². The molecule has 0 fully saturated rings. The van der Waals surface area contributed by atoms with Gasteiger partial charge in [-0.25, -0.2) is 9.97 Å². The Kier molecular flexibility index (Phi) is 3.26. The first-order valence-electron chi connectivity index (χ1n) is 4.68. The first kappa shape index (κ1) is 10.8. The van der Waals surface area contributed by atoms with Crippen molar-refractivity contribution in [3.63, 3.8) is 0 Å². The second-order valence-corrected chi connectivity index (χ2v) is 4.09. The lowest BCUT2D eigenvalue weighted by molar-refractivity contribution is 0.414. The summed E-state index contributed by atoms with van der Waals surface area (Å²) in [7, 11) is 1.64. The highest BCUT2D eigenvalue weighted by Gasteiger charge is 2.03. The van der Waals surface area contributed by atoms with Crippen molar-refractivity contribution >= 4 is 17.6 Å². The minimum atomic E-state index is 0.448. The molecular formula is C11H11N3OS.